The molecule has 0 bridgehead atoms. The quantitative estimate of drug-likeness (QED) is 0.290. The molecule has 0 aliphatic rings. The molecule has 0 aromatic rings. The first-order valence-electron chi connectivity index (χ1n) is 8.02. The summed E-state index contributed by atoms with van der Waals surface area (Å²) in [5, 5.41) is 0. The van der Waals surface area contributed by atoms with Gasteiger partial charge in [-0.3, -0.25) is 0 Å². The Labute approximate surface area is 126 Å². The number of hydrogen-bond donors (Lipinski definition) is 1. The minimum Gasteiger partial charge on any atom is -0.350 e. The van der Waals surface area contributed by atoms with E-state index in [1.54, 1.807) is 0 Å². The van der Waals surface area contributed by atoms with E-state index in [9.17, 15) is 0 Å². The predicted molar refractivity (Wildman–Crippen MR) is 87.0 cm³/mol. The summed E-state index contributed by atoms with van der Waals surface area (Å²) in [5.74, 6) is 1.31. The van der Waals surface area contributed by atoms with Gasteiger partial charge in [-0.2, -0.15) is 12.6 Å². The van der Waals surface area contributed by atoms with E-state index >= 15 is 0 Å². The second-order valence-corrected chi connectivity index (χ2v) is 5.78. The maximum Gasteiger partial charge on any atom is 0.168 e. The van der Waals surface area contributed by atoms with Crippen LogP contribution in [0.2, 0.25) is 0 Å². The summed E-state index contributed by atoms with van der Waals surface area (Å²) in [5.41, 5.74) is 0. The van der Waals surface area contributed by atoms with Crippen molar-refractivity contribution in [2.75, 3.05) is 19.0 Å². The molecule has 0 amide bonds. The van der Waals surface area contributed by atoms with E-state index in [4.69, 9.17) is 9.47 Å². The average Bonchev–Trinajstić information content (AvgIpc) is 2.39. The Kier molecular flexibility index (Phi) is 12.2. The van der Waals surface area contributed by atoms with E-state index in [0.29, 0.717) is 5.92 Å². The summed E-state index contributed by atoms with van der Waals surface area (Å²) in [6, 6.07) is 0. The zero-order valence-corrected chi connectivity index (χ0v) is 14.3. The van der Waals surface area contributed by atoms with Crippen LogP contribution in [0.3, 0.4) is 0 Å². The Morgan fingerprint density at radius 3 is 2.00 bits per heavy atom. The van der Waals surface area contributed by atoms with Crippen LogP contribution in [0.1, 0.15) is 72.6 Å². The normalized spacial score (nSPS) is 13.7. The minimum atomic E-state index is -0.338. The van der Waals surface area contributed by atoms with E-state index in [0.717, 1.165) is 38.2 Å². The Bertz CT molecular complexity index is 191. The van der Waals surface area contributed by atoms with Crippen LogP contribution in [0.4, 0.5) is 0 Å². The van der Waals surface area contributed by atoms with Crippen molar-refractivity contribution in [1.82, 2.24) is 0 Å². The maximum atomic E-state index is 5.99. The van der Waals surface area contributed by atoms with E-state index in [2.05, 4.69) is 40.3 Å². The summed E-state index contributed by atoms with van der Waals surface area (Å²) in [6.45, 7) is 10.1. The molecule has 19 heavy (non-hydrogen) atoms. The summed E-state index contributed by atoms with van der Waals surface area (Å²) in [6.07, 6.45) is 8.10. The molecule has 0 fully saturated rings. The van der Waals surface area contributed by atoms with Crippen LogP contribution in [0, 0.1) is 5.92 Å². The van der Waals surface area contributed by atoms with Crippen molar-refractivity contribution >= 4 is 12.6 Å². The number of rotatable bonds is 13. The maximum absolute atomic E-state index is 5.99. The molecule has 0 saturated carbocycles. The molecule has 0 saturated heterocycles. The summed E-state index contributed by atoms with van der Waals surface area (Å²) < 4.78 is 12.0. The second-order valence-electron chi connectivity index (χ2n) is 5.41. The van der Waals surface area contributed by atoms with Crippen molar-refractivity contribution < 1.29 is 9.47 Å². The van der Waals surface area contributed by atoms with Gasteiger partial charge in [0.15, 0.2) is 5.79 Å². The SMILES string of the molecule is CCCCCC(CCCC(C)CS)(OCC)OCC. The number of unbranched alkanes of at least 4 members (excludes halogenated alkanes) is 2. The average molecular weight is 291 g/mol. The first-order chi connectivity index (χ1) is 9.14. The van der Waals surface area contributed by atoms with Gasteiger partial charge in [0, 0.05) is 26.1 Å². The van der Waals surface area contributed by atoms with Crippen molar-refractivity contribution in [3.63, 3.8) is 0 Å². The molecular formula is C16H34O2S. The van der Waals surface area contributed by atoms with Crippen LogP contribution in [-0.2, 0) is 9.47 Å². The lowest BCUT2D eigenvalue weighted by molar-refractivity contribution is -0.242. The van der Waals surface area contributed by atoms with Crippen LogP contribution in [-0.4, -0.2) is 24.8 Å². The fourth-order valence-electron chi connectivity index (χ4n) is 2.44. The second kappa shape index (κ2) is 12.0. The topological polar surface area (TPSA) is 18.5 Å². The Hall–Kier alpha value is 0.270. The molecule has 0 radical (unpaired) electrons. The molecule has 0 N–H and O–H groups in total. The third-order valence-electron chi connectivity index (χ3n) is 3.54. The van der Waals surface area contributed by atoms with Crippen molar-refractivity contribution in [1.29, 1.82) is 0 Å². The molecule has 3 heteroatoms. The third-order valence-corrected chi connectivity index (χ3v) is 4.17. The van der Waals surface area contributed by atoms with Crippen molar-refractivity contribution in [2.45, 2.75) is 78.4 Å². The molecule has 0 aromatic heterocycles. The highest BCUT2D eigenvalue weighted by atomic mass is 32.1. The summed E-state index contributed by atoms with van der Waals surface area (Å²) in [7, 11) is 0. The molecule has 0 rings (SSSR count). The van der Waals surface area contributed by atoms with Gasteiger partial charge in [0.2, 0.25) is 0 Å². The molecule has 1 atom stereocenters. The van der Waals surface area contributed by atoms with Crippen LogP contribution >= 0.6 is 12.6 Å². The molecular weight excluding hydrogens is 256 g/mol. The molecule has 0 aliphatic heterocycles. The first kappa shape index (κ1) is 19.3. The van der Waals surface area contributed by atoms with Gasteiger partial charge in [0.25, 0.3) is 0 Å². The van der Waals surface area contributed by atoms with Crippen LogP contribution in [0.15, 0.2) is 0 Å². The molecule has 0 aromatic carbocycles. The first-order valence-corrected chi connectivity index (χ1v) is 8.66. The number of ether oxygens (including phenoxy) is 2. The van der Waals surface area contributed by atoms with Gasteiger partial charge in [-0.25, -0.2) is 0 Å². The Balaban J connectivity index is 4.33. The fraction of sp³-hybridized carbons (Fsp3) is 1.00. The zero-order chi connectivity index (χ0) is 14.6. The number of thiol groups is 1. The van der Waals surface area contributed by atoms with Gasteiger partial charge in [-0.1, -0.05) is 26.7 Å². The van der Waals surface area contributed by atoms with Crippen molar-refractivity contribution in [3.8, 4) is 0 Å². The lowest BCUT2D eigenvalue weighted by atomic mass is 9.98. The van der Waals surface area contributed by atoms with E-state index in [1.165, 1.54) is 25.7 Å². The highest BCUT2D eigenvalue weighted by Gasteiger charge is 2.30. The van der Waals surface area contributed by atoms with Gasteiger partial charge in [0.1, 0.15) is 0 Å². The number of hydrogen-bond acceptors (Lipinski definition) is 3. The van der Waals surface area contributed by atoms with Crippen molar-refractivity contribution in [3.05, 3.63) is 0 Å². The summed E-state index contributed by atoms with van der Waals surface area (Å²) >= 11 is 4.35. The zero-order valence-electron chi connectivity index (χ0n) is 13.4. The Morgan fingerprint density at radius 2 is 1.53 bits per heavy atom. The van der Waals surface area contributed by atoms with Crippen LogP contribution in [0.5, 0.6) is 0 Å². The molecule has 1 unspecified atom stereocenters. The van der Waals surface area contributed by atoms with Crippen LogP contribution in [0.25, 0.3) is 0 Å². The molecule has 2 nitrogen and oxygen atoms in total. The highest BCUT2D eigenvalue weighted by Crippen LogP contribution is 2.29. The molecule has 116 valence electrons. The third kappa shape index (κ3) is 8.93. The lowest BCUT2D eigenvalue weighted by Gasteiger charge is -2.34. The monoisotopic (exact) mass is 290 g/mol. The fourth-order valence-corrected chi connectivity index (χ4v) is 2.62. The van der Waals surface area contributed by atoms with Gasteiger partial charge in [-0.15, -0.1) is 0 Å². The standard InChI is InChI=1S/C16H34O2S/c1-5-8-9-12-16(17-6-2,18-7-3)13-10-11-15(4)14-19/h15,19H,5-14H2,1-4H3. The van der Waals surface area contributed by atoms with Gasteiger partial charge in [0.05, 0.1) is 0 Å². The van der Waals surface area contributed by atoms with Gasteiger partial charge in [-0.05, 0) is 44.8 Å². The highest BCUT2D eigenvalue weighted by molar-refractivity contribution is 7.80. The van der Waals surface area contributed by atoms with Gasteiger partial charge < -0.3 is 9.47 Å². The Morgan fingerprint density at radius 1 is 0.947 bits per heavy atom. The van der Waals surface area contributed by atoms with Gasteiger partial charge >= 0.3 is 0 Å². The molecule has 0 spiro atoms. The smallest absolute Gasteiger partial charge is 0.168 e. The predicted octanol–water partition coefficient (Wildman–Crippen LogP) is 5.07. The van der Waals surface area contributed by atoms with E-state index in [-0.39, 0.29) is 5.79 Å². The minimum absolute atomic E-state index is 0.338. The molecule has 0 heterocycles. The van der Waals surface area contributed by atoms with E-state index < -0.39 is 0 Å². The lowest BCUT2D eigenvalue weighted by Crippen LogP contribution is -2.36. The van der Waals surface area contributed by atoms with Crippen LogP contribution < -0.4 is 0 Å². The van der Waals surface area contributed by atoms with Crippen molar-refractivity contribution in [2.24, 2.45) is 5.92 Å². The van der Waals surface area contributed by atoms with E-state index in [1.807, 2.05) is 0 Å². The summed E-state index contributed by atoms with van der Waals surface area (Å²) in [4.78, 5) is 0. The largest absolute Gasteiger partial charge is 0.350 e. The molecule has 0 aliphatic carbocycles.